The average Bonchev–Trinajstić information content (AvgIpc) is 2.49. The van der Waals surface area contributed by atoms with Crippen LogP contribution in [0.4, 0.5) is 0 Å². The number of ether oxygens (including phenoxy) is 1. The van der Waals surface area contributed by atoms with Gasteiger partial charge in [-0.15, -0.1) is 0 Å². The minimum Gasteiger partial charge on any atom is -0.759 e. The summed E-state index contributed by atoms with van der Waals surface area (Å²) < 4.78 is 5.24. The normalized spacial score (nSPS) is 29.2. The van der Waals surface area contributed by atoms with Crippen LogP contribution in [0.2, 0.25) is 0 Å². The molecule has 0 bridgehead atoms. The average molecular weight is 562 g/mol. The van der Waals surface area contributed by atoms with Gasteiger partial charge in [0.05, 0.1) is 12.7 Å². The van der Waals surface area contributed by atoms with E-state index in [0.29, 0.717) is 4.77 Å². The van der Waals surface area contributed by atoms with Crippen molar-refractivity contribution in [2.24, 2.45) is 0 Å². The van der Waals surface area contributed by atoms with Crippen molar-refractivity contribution in [2.45, 2.75) is 49.6 Å². The molecule has 5 atom stereocenters. The molecule has 24 heavy (non-hydrogen) atoms. The van der Waals surface area contributed by atoms with Crippen LogP contribution < -0.4 is 5.56 Å². The van der Waals surface area contributed by atoms with Crippen LogP contribution in [-0.4, -0.2) is 66.9 Å². The van der Waals surface area contributed by atoms with Crippen LogP contribution in [0.5, 0.6) is 0 Å². The third-order valence-electron chi connectivity index (χ3n) is 3.18. The summed E-state index contributed by atoms with van der Waals surface area (Å²) in [5, 5.41) is 36.1. The van der Waals surface area contributed by atoms with Gasteiger partial charge in [0.1, 0.15) is 18.3 Å². The summed E-state index contributed by atoms with van der Waals surface area (Å²) in [6.07, 6.45) is -2.95. The Kier molecular flexibility index (Phi) is 11.6. The maximum atomic E-state index is 10.8. The summed E-state index contributed by atoms with van der Waals surface area (Å²) in [5.74, 6) is 0. The van der Waals surface area contributed by atoms with Crippen molar-refractivity contribution in [3.63, 3.8) is 0 Å². The van der Waals surface area contributed by atoms with Crippen molar-refractivity contribution in [2.75, 3.05) is 6.61 Å². The molecule has 0 amide bonds. The summed E-state index contributed by atoms with van der Waals surface area (Å²) in [7, 11) is 0. The van der Waals surface area contributed by atoms with Gasteiger partial charge in [-0.1, -0.05) is 13.3 Å². The fraction of sp³-hybridized carbons (Fsp3) is 0.692. The molecule has 1 aromatic rings. The van der Waals surface area contributed by atoms with E-state index < -0.39 is 36.5 Å². The Hall–Kier alpha value is -0.00974. The molecule has 8 nitrogen and oxygen atoms in total. The second-order valence-corrected chi connectivity index (χ2v) is 5.93. The van der Waals surface area contributed by atoms with Crippen molar-refractivity contribution in [1.82, 2.24) is 9.97 Å². The smallest absolute Gasteiger partial charge is 0.759 e. The third-order valence-corrected chi connectivity index (χ3v) is 3.78. The molecule has 0 spiro atoms. The molecule has 0 aromatic carbocycles. The fourth-order valence-electron chi connectivity index (χ4n) is 1.99. The van der Waals surface area contributed by atoms with Gasteiger partial charge in [0.2, 0.25) is 0 Å². The monoisotopic (exact) mass is 562 g/mol. The van der Waals surface area contributed by atoms with Gasteiger partial charge in [0, 0.05) is 11.8 Å². The zero-order valence-corrected chi connectivity index (χ0v) is 16.6. The molecule has 1 fully saturated rings. The number of hydrogen-bond donors (Lipinski definition) is 6. The topological polar surface area (TPSA) is 139 Å². The molecule has 6 N–H and O–H groups in total. The van der Waals surface area contributed by atoms with Gasteiger partial charge in [-0.3, -0.25) is 9.78 Å². The number of H-pyrrole nitrogens is 2. The van der Waals surface area contributed by atoms with E-state index in [4.69, 9.17) is 32.3 Å². The Morgan fingerprint density at radius 3 is 2.38 bits per heavy atom. The first kappa shape index (κ1) is 24.0. The van der Waals surface area contributed by atoms with E-state index >= 15 is 0 Å². The number of aromatic amines is 2. The molecule has 11 heteroatoms. The zero-order valence-electron chi connectivity index (χ0n) is 12.8. The molecule has 142 valence electrons. The molecule has 2 heterocycles. The van der Waals surface area contributed by atoms with Crippen molar-refractivity contribution in [3.8, 4) is 0 Å². The third kappa shape index (κ3) is 7.08. The van der Waals surface area contributed by atoms with Crippen LogP contribution in [0.1, 0.15) is 19.0 Å². The van der Waals surface area contributed by atoms with Gasteiger partial charge in [-0.25, -0.2) is 0 Å². The first-order valence-corrected chi connectivity index (χ1v) is 7.97. The summed E-state index contributed by atoms with van der Waals surface area (Å²) in [4.78, 5) is 16.2. The predicted octanol–water partition coefficient (Wildman–Crippen LogP) is -1.28. The van der Waals surface area contributed by atoms with E-state index in [1.54, 1.807) is 6.07 Å². The molecule has 0 unspecified atom stereocenters. The van der Waals surface area contributed by atoms with Crippen molar-refractivity contribution < 1.29 is 47.5 Å². The molecule has 1 aliphatic heterocycles. The van der Waals surface area contributed by atoms with Gasteiger partial charge in [0.15, 0.2) is 4.77 Å². The fourth-order valence-corrected chi connectivity index (χ4v) is 2.53. The first-order chi connectivity index (χ1) is 10.8. The van der Waals surface area contributed by atoms with Crippen LogP contribution in [0, 0.1) is 4.77 Å². The van der Waals surface area contributed by atoms with E-state index in [1.165, 1.54) is 0 Å². The molecule has 2 rings (SSSR count). The first-order valence-electron chi connectivity index (χ1n) is 7.09. The summed E-state index contributed by atoms with van der Waals surface area (Å²) >= 11 is 9.42. The summed E-state index contributed by atoms with van der Waals surface area (Å²) in [6.45, 7) is 1.62. The molecule has 1 saturated heterocycles. The SMILES string of the molecule is CCCc1cc(=O)[nH]c(=S)[nH]1.OC[C@H]1O[C@H]([S-])[C@H](O)[C@@H](O)[C@@H]1O.[Au+]. The molecule has 0 radical (unpaired) electrons. The number of aliphatic hydroxyl groups excluding tert-OH is 4. The molecule has 0 saturated carbocycles. The number of aliphatic hydroxyl groups is 4. The van der Waals surface area contributed by atoms with E-state index in [0.717, 1.165) is 18.5 Å². The van der Waals surface area contributed by atoms with Crippen LogP contribution >= 0.6 is 12.2 Å². The van der Waals surface area contributed by atoms with E-state index in [1.807, 2.05) is 0 Å². The molecule has 1 aromatic heterocycles. The Morgan fingerprint density at radius 1 is 1.25 bits per heavy atom. The number of hydrogen-bond acceptors (Lipinski definition) is 8. The minimum atomic E-state index is -1.35. The molecule has 1 aliphatic rings. The maximum Gasteiger partial charge on any atom is 1.00 e. The minimum absolute atomic E-state index is 0. The maximum absolute atomic E-state index is 10.8. The van der Waals surface area contributed by atoms with E-state index in [2.05, 4.69) is 29.5 Å². The zero-order chi connectivity index (χ0) is 17.6. The van der Waals surface area contributed by atoms with Gasteiger partial charge in [-0.2, -0.15) is 0 Å². The number of aromatic nitrogens is 2. The van der Waals surface area contributed by atoms with Crippen molar-refractivity contribution >= 4 is 24.8 Å². The van der Waals surface area contributed by atoms with Crippen molar-refractivity contribution in [3.05, 3.63) is 26.9 Å². The second-order valence-electron chi connectivity index (χ2n) is 5.06. The van der Waals surface area contributed by atoms with Gasteiger partial charge < -0.3 is 42.8 Å². The van der Waals surface area contributed by atoms with Crippen LogP contribution in [-0.2, 0) is 46.2 Å². The second kappa shape index (κ2) is 11.6. The summed E-state index contributed by atoms with van der Waals surface area (Å²) in [6, 6.07) is 1.54. The van der Waals surface area contributed by atoms with Gasteiger partial charge in [-0.05, 0) is 24.1 Å². The standard InChI is InChI=1S/C7H10N2OS.C6H12O5S.Au/c1-2-3-5-4-6(10)9-7(11)8-5;7-1-2-3(8)4(9)5(10)6(12)11-2;/h4H,2-3H2,1H3,(H2,8,9,10,11);2-10,12H,1H2;/q;;+1/p-1/t;2-,3-,4+,5-,6-;/m.1./s1. The van der Waals surface area contributed by atoms with Gasteiger partial charge >= 0.3 is 22.4 Å². The Balaban J connectivity index is 0.000000425. The molecular formula is C13H21AuN2O6S2. The quantitative estimate of drug-likeness (QED) is 0.152. The number of aryl methyl sites for hydroxylation is 1. The molecule has 0 aliphatic carbocycles. The van der Waals surface area contributed by atoms with Crippen LogP contribution in [0.15, 0.2) is 10.9 Å². The number of rotatable bonds is 3. The largest absolute Gasteiger partial charge is 1.00 e. The Bertz CT molecular complexity index is 565. The summed E-state index contributed by atoms with van der Waals surface area (Å²) in [5.41, 5.74) is -0.209. The van der Waals surface area contributed by atoms with Crippen LogP contribution in [0.3, 0.4) is 0 Å². The van der Waals surface area contributed by atoms with Crippen LogP contribution in [0.25, 0.3) is 0 Å². The predicted molar refractivity (Wildman–Crippen MR) is 87.4 cm³/mol. The van der Waals surface area contributed by atoms with Gasteiger partial charge in [0.25, 0.3) is 5.56 Å². The van der Waals surface area contributed by atoms with Crippen molar-refractivity contribution in [1.29, 1.82) is 0 Å². The van der Waals surface area contributed by atoms with E-state index in [-0.39, 0.29) is 27.9 Å². The molecular weight excluding hydrogens is 541 g/mol. The Labute approximate surface area is 165 Å². The Morgan fingerprint density at radius 2 is 1.88 bits per heavy atom. The number of nitrogens with one attached hydrogen (secondary N) is 2. The van der Waals surface area contributed by atoms with E-state index in [9.17, 15) is 9.90 Å².